The lowest BCUT2D eigenvalue weighted by atomic mass is 10.3. The molecule has 1 amide bonds. The summed E-state index contributed by atoms with van der Waals surface area (Å²) in [7, 11) is 0. The highest BCUT2D eigenvalue weighted by Crippen LogP contribution is 2.18. The van der Waals surface area contributed by atoms with Gasteiger partial charge in [-0.2, -0.15) is 0 Å². The molecule has 21 heavy (non-hydrogen) atoms. The first kappa shape index (κ1) is 15.4. The van der Waals surface area contributed by atoms with Gasteiger partial charge in [-0.15, -0.1) is 0 Å². The van der Waals surface area contributed by atoms with E-state index in [1.807, 2.05) is 49.4 Å². The van der Waals surface area contributed by atoms with Crippen molar-refractivity contribution in [3.05, 3.63) is 53.0 Å². The summed E-state index contributed by atoms with van der Waals surface area (Å²) in [5, 5.41) is 5.90. The predicted octanol–water partition coefficient (Wildman–Crippen LogP) is 3.90. The molecule has 0 spiro atoms. The third kappa shape index (κ3) is 5.11. The molecule has 2 aromatic rings. The number of nitrogens with one attached hydrogen (secondary N) is 2. The van der Waals surface area contributed by atoms with Crippen LogP contribution < -0.4 is 15.4 Å². The van der Waals surface area contributed by atoms with Gasteiger partial charge in [0, 0.05) is 21.9 Å². The lowest BCUT2D eigenvalue weighted by molar-refractivity contribution is -0.114. The minimum Gasteiger partial charge on any atom is -0.494 e. The van der Waals surface area contributed by atoms with Gasteiger partial charge in [0.25, 0.3) is 0 Å². The van der Waals surface area contributed by atoms with E-state index in [2.05, 4.69) is 26.6 Å². The molecule has 0 fully saturated rings. The topological polar surface area (TPSA) is 50.4 Å². The van der Waals surface area contributed by atoms with Crippen molar-refractivity contribution in [3.63, 3.8) is 0 Å². The fraction of sp³-hybridized carbons (Fsp3) is 0.188. The molecule has 4 nitrogen and oxygen atoms in total. The smallest absolute Gasteiger partial charge is 0.243 e. The summed E-state index contributed by atoms with van der Waals surface area (Å²) in [5.74, 6) is 0.638. The number of ether oxygens (including phenoxy) is 1. The largest absolute Gasteiger partial charge is 0.494 e. The molecule has 0 aliphatic rings. The van der Waals surface area contributed by atoms with Gasteiger partial charge in [0.05, 0.1) is 13.2 Å². The van der Waals surface area contributed by atoms with E-state index >= 15 is 0 Å². The summed E-state index contributed by atoms with van der Waals surface area (Å²) >= 11 is 3.39. The van der Waals surface area contributed by atoms with E-state index in [1.165, 1.54) is 0 Å². The molecule has 0 heterocycles. The Morgan fingerprint density at radius 2 is 1.90 bits per heavy atom. The number of anilines is 2. The molecule has 0 saturated heterocycles. The Bertz CT molecular complexity index is 617. The van der Waals surface area contributed by atoms with E-state index in [0.717, 1.165) is 21.6 Å². The summed E-state index contributed by atoms with van der Waals surface area (Å²) in [5.41, 5.74) is 1.62. The van der Waals surface area contributed by atoms with Gasteiger partial charge in [0.15, 0.2) is 0 Å². The second-order valence-corrected chi connectivity index (χ2v) is 5.29. The molecule has 0 bridgehead atoms. The van der Waals surface area contributed by atoms with Crippen molar-refractivity contribution >= 4 is 33.2 Å². The molecule has 0 atom stereocenters. The van der Waals surface area contributed by atoms with Gasteiger partial charge in [0.1, 0.15) is 5.75 Å². The molecule has 0 radical (unpaired) electrons. The van der Waals surface area contributed by atoms with Crippen LogP contribution in [-0.4, -0.2) is 19.1 Å². The zero-order valence-electron chi connectivity index (χ0n) is 11.7. The Morgan fingerprint density at radius 1 is 1.14 bits per heavy atom. The molecule has 0 aromatic heterocycles. The van der Waals surface area contributed by atoms with Crippen molar-refractivity contribution in [3.8, 4) is 5.75 Å². The van der Waals surface area contributed by atoms with Crippen LogP contribution in [0.2, 0.25) is 0 Å². The number of benzene rings is 2. The normalized spacial score (nSPS) is 10.0. The molecule has 5 heteroatoms. The quantitative estimate of drug-likeness (QED) is 0.832. The van der Waals surface area contributed by atoms with Gasteiger partial charge < -0.3 is 15.4 Å². The highest BCUT2D eigenvalue weighted by molar-refractivity contribution is 9.10. The zero-order chi connectivity index (χ0) is 15.1. The van der Waals surface area contributed by atoms with Crippen LogP contribution >= 0.6 is 15.9 Å². The van der Waals surface area contributed by atoms with Gasteiger partial charge in [-0.25, -0.2) is 0 Å². The number of halogens is 1. The first-order chi connectivity index (χ1) is 10.2. The lowest BCUT2D eigenvalue weighted by Crippen LogP contribution is -2.21. The molecule has 0 saturated carbocycles. The number of hydrogen-bond acceptors (Lipinski definition) is 3. The Balaban J connectivity index is 1.88. The van der Waals surface area contributed by atoms with E-state index in [4.69, 9.17) is 4.74 Å². The summed E-state index contributed by atoms with van der Waals surface area (Å²) in [6.45, 7) is 2.73. The Kier molecular flexibility index (Phi) is 5.63. The Labute approximate surface area is 132 Å². The van der Waals surface area contributed by atoms with Crippen LogP contribution in [0.5, 0.6) is 5.75 Å². The fourth-order valence-corrected chi connectivity index (χ4v) is 2.22. The van der Waals surface area contributed by atoms with Crippen molar-refractivity contribution in [2.24, 2.45) is 0 Å². The van der Waals surface area contributed by atoms with Crippen molar-refractivity contribution in [1.29, 1.82) is 0 Å². The van der Waals surface area contributed by atoms with Crippen LogP contribution in [0.15, 0.2) is 53.0 Å². The summed E-state index contributed by atoms with van der Waals surface area (Å²) in [4.78, 5) is 11.9. The van der Waals surface area contributed by atoms with Gasteiger partial charge >= 0.3 is 0 Å². The van der Waals surface area contributed by atoms with Crippen molar-refractivity contribution in [1.82, 2.24) is 0 Å². The number of rotatable bonds is 6. The van der Waals surface area contributed by atoms with E-state index < -0.39 is 0 Å². The second kappa shape index (κ2) is 7.69. The van der Waals surface area contributed by atoms with E-state index in [0.29, 0.717) is 6.61 Å². The van der Waals surface area contributed by atoms with Crippen LogP contribution in [0.3, 0.4) is 0 Å². The molecule has 2 rings (SSSR count). The van der Waals surface area contributed by atoms with Crippen LogP contribution in [0, 0.1) is 0 Å². The lowest BCUT2D eigenvalue weighted by Gasteiger charge is -2.09. The summed E-state index contributed by atoms with van der Waals surface area (Å²) in [6, 6.07) is 15.0. The van der Waals surface area contributed by atoms with Gasteiger partial charge in [-0.3, -0.25) is 4.79 Å². The minimum absolute atomic E-state index is 0.108. The van der Waals surface area contributed by atoms with E-state index in [-0.39, 0.29) is 12.5 Å². The maximum absolute atomic E-state index is 11.9. The molecule has 110 valence electrons. The average molecular weight is 349 g/mol. The third-order valence-electron chi connectivity index (χ3n) is 2.71. The Hall–Kier alpha value is -2.01. The number of carbonyl (C=O) groups excluding carboxylic acids is 1. The predicted molar refractivity (Wildman–Crippen MR) is 88.9 cm³/mol. The van der Waals surface area contributed by atoms with Crippen LogP contribution in [0.1, 0.15) is 6.92 Å². The van der Waals surface area contributed by atoms with E-state index in [1.54, 1.807) is 6.07 Å². The van der Waals surface area contributed by atoms with E-state index in [9.17, 15) is 4.79 Å². The van der Waals surface area contributed by atoms with Crippen molar-refractivity contribution in [2.45, 2.75) is 6.92 Å². The van der Waals surface area contributed by atoms with Gasteiger partial charge in [-0.1, -0.05) is 28.1 Å². The first-order valence-corrected chi connectivity index (χ1v) is 7.49. The maximum atomic E-state index is 11.9. The third-order valence-corrected chi connectivity index (χ3v) is 3.20. The standard InChI is InChI=1S/C16H17BrN2O2/c1-2-21-15-8-4-7-14(10-15)19-16(20)11-18-13-6-3-5-12(17)9-13/h3-10,18H,2,11H2,1H3,(H,19,20). The maximum Gasteiger partial charge on any atom is 0.243 e. The molecule has 0 unspecified atom stereocenters. The molecular weight excluding hydrogens is 332 g/mol. The van der Waals surface area contributed by atoms with Crippen molar-refractivity contribution in [2.75, 3.05) is 23.8 Å². The van der Waals surface area contributed by atoms with Crippen LogP contribution in [0.4, 0.5) is 11.4 Å². The molecular formula is C16H17BrN2O2. The van der Waals surface area contributed by atoms with Gasteiger partial charge in [-0.05, 0) is 37.3 Å². The molecule has 0 aliphatic carbocycles. The number of amides is 1. The first-order valence-electron chi connectivity index (χ1n) is 6.69. The summed E-state index contributed by atoms with van der Waals surface area (Å²) < 4.78 is 6.37. The monoisotopic (exact) mass is 348 g/mol. The highest BCUT2D eigenvalue weighted by atomic mass is 79.9. The van der Waals surface area contributed by atoms with Crippen LogP contribution in [-0.2, 0) is 4.79 Å². The fourth-order valence-electron chi connectivity index (χ4n) is 1.82. The average Bonchev–Trinajstić information content (AvgIpc) is 2.46. The number of hydrogen-bond donors (Lipinski definition) is 2. The summed E-state index contributed by atoms with van der Waals surface area (Å²) in [6.07, 6.45) is 0. The zero-order valence-corrected chi connectivity index (χ0v) is 13.3. The van der Waals surface area contributed by atoms with Crippen molar-refractivity contribution < 1.29 is 9.53 Å². The molecule has 2 aromatic carbocycles. The second-order valence-electron chi connectivity index (χ2n) is 4.37. The highest BCUT2D eigenvalue weighted by Gasteiger charge is 2.03. The Morgan fingerprint density at radius 3 is 2.67 bits per heavy atom. The van der Waals surface area contributed by atoms with Crippen LogP contribution in [0.25, 0.3) is 0 Å². The minimum atomic E-state index is -0.108. The SMILES string of the molecule is CCOc1cccc(NC(=O)CNc2cccc(Br)c2)c1. The number of carbonyl (C=O) groups is 1. The molecule has 2 N–H and O–H groups in total. The molecule has 0 aliphatic heterocycles. The van der Waals surface area contributed by atoms with Gasteiger partial charge in [0.2, 0.25) is 5.91 Å².